The van der Waals surface area contributed by atoms with Crippen LogP contribution in [0.1, 0.15) is 48.3 Å². The molecule has 39 heavy (non-hydrogen) atoms. The molecule has 202 valence electrons. The number of hydrogen-bond donors (Lipinski definition) is 1. The van der Waals surface area contributed by atoms with Gasteiger partial charge >= 0.3 is 5.97 Å². The highest BCUT2D eigenvalue weighted by atomic mass is 16.6. The minimum absolute atomic E-state index is 0.0438. The molecule has 0 saturated carbocycles. The predicted octanol–water partition coefficient (Wildman–Crippen LogP) is 4.66. The summed E-state index contributed by atoms with van der Waals surface area (Å²) >= 11 is 0. The molecule has 3 aromatic rings. The molecule has 2 aromatic carbocycles. The topological polar surface area (TPSA) is 104 Å². The number of methoxy groups -OCH3 is 2. The van der Waals surface area contributed by atoms with Gasteiger partial charge in [-0.3, -0.25) is 9.59 Å². The van der Waals surface area contributed by atoms with Gasteiger partial charge in [0.05, 0.1) is 36.9 Å². The highest BCUT2D eigenvalue weighted by Crippen LogP contribution is 2.45. The Bertz CT molecular complexity index is 1580. The second-order valence-electron chi connectivity index (χ2n) is 9.94. The lowest BCUT2D eigenvalue weighted by Crippen LogP contribution is -2.37. The van der Waals surface area contributed by atoms with Gasteiger partial charge in [0.25, 0.3) is 0 Å². The molecule has 1 aliphatic heterocycles. The minimum atomic E-state index is -0.920. The number of hydrogen-bond acceptors (Lipinski definition) is 8. The molecule has 2 heterocycles. The highest BCUT2D eigenvalue weighted by molar-refractivity contribution is 6.04. The summed E-state index contributed by atoms with van der Waals surface area (Å²) in [5, 5.41) is 3.70. The van der Waals surface area contributed by atoms with E-state index in [9.17, 15) is 14.4 Å². The van der Waals surface area contributed by atoms with Gasteiger partial charge in [-0.1, -0.05) is 23.8 Å². The van der Waals surface area contributed by atoms with E-state index in [4.69, 9.17) is 18.6 Å². The van der Waals surface area contributed by atoms with Crippen molar-refractivity contribution in [1.82, 2.24) is 5.32 Å². The second kappa shape index (κ2) is 10.9. The smallest absolute Gasteiger partial charge is 0.336 e. The SMILES string of the molecule is COCCOC(=O)C1=C(C)NC2=C(C(=O)C[C@H](c3cccc(OC)c3)C2)[C@H]1c1coc2ccc(C)cc2c1=O. The van der Waals surface area contributed by atoms with E-state index in [1.54, 1.807) is 26.2 Å². The Hall–Kier alpha value is -4.17. The lowest BCUT2D eigenvalue weighted by Gasteiger charge is -2.36. The molecule has 0 saturated heterocycles. The fraction of sp³-hybridized carbons (Fsp3) is 0.323. The van der Waals surface area contributed by atoms with E-state index in [2.05, 4.69) is 5.32 Å². The van der Waals surface area contributed by atoms with Gasteiger partial charge in [0.2, 0.25) is 0 Å². The van der Waals surface area contributed by atoms with Crippen molar-refractivity contribution < 1.29 is 28.2 Å². The maximum atomic E-state index is 13.9. The molecule has 1 aromatic heterocycles. The Morgan fingerprint density at radius 2 is 1.87 bits per heavy atom. The van der Waals surface area contributed by atoms with Crippen LogP contribution in [0.2, 0.25) is 0 Å². The van der Waals surface area contributed by atoms with Crippen molar-refractivity contribution in [2.75, 3.05) is 27.4 Å². The Morgan fingerprint density at radius 1 is 1.05 bits per heavy atom. The lowest BCUT2D eigenvalue weighted by atomic mass is 9.72. The molecular weight excluding hydrogens is 498 g/mol. The Kier molecular flexibility index (Phi) is 7.39. The number of esters is 1. The van der Waals surface area contributed by atoms with Crippen LogP contribution in [0.3, 0.4) is 0 Å². The molecule has 1 aliphatic carbocycles. The van der Waals surface area contributed by atoms with Crippen LogP contribution < -0.4 is 15.5 Å². The number of dihydropyridines is 1. The van der Waals surface area contributed by atoms with Gasteiger partial charge in [-0.2, -0.15) is 0 Å². The predicted molar refractivity (Wildman–Crippen MR) is 146 cm³/mol. The number of benzene rings is 2. The number of Topliss-reactive ketones (excluding diaryl/α,β-unsaturated/α-hetero) is 1. The van der Waals surface area contributed by atoms with Gasteiger partial charge in [0, 0.05) is 36.1 Å². The molecular formula is C31H31NO7. The molecule has 5 rings (SSSR count). The number of rotatable bonds is 7. The van der Waals surface area contributed by atoms with Gasteiger partial charge in [-0.15, -0.1) is 0 Å². The van der Waals surface area contributed by atoms with E-state index in [-0.39, 0.29) is 47.9 Å². The van der Waals surface area contributed by atoms with Crippen molar-refractivity contribution in [3.05, 3.63) is 98.2 Å². The summed E-state index contributed by atoms with van der Waals surface area (Å²) in [4.78, 5) is 41.1. The standard InChI is InChI=1S/C31H31NO7/c1-17-8-9-26-22(12-17)30(34)23(16-39-26)28-27(31(35)38-11-10-36-3)18(2)32-24-14-20(15-25(33)29(24)28)19-6-5-7-21(13-19)37-4/h5-9,12-13,16,20,28,32H,10-11,14-15H2,1-4H3/t20-,28+/m1/s1. The Morgan fingerprint density at radius 3 is 2.64 bits per heavy atom. The summed E-state index contributed by atoms with van der Waals surface area (Å²) in [6.07, 6.45) is 2.14. The molecule has 1 N–H and O–H groups in total. The summed E-state index contributed by atoms with van der Waals surface area (Å²) in [5.41, 5.74) is 4.12. The van der Waals surface area contributed by atoms with E-state index in [1.165, 1.54) is 13.4 Å². The number of carbonyl (C=O) groups is 2. The van der Waals surface area contributed by atoms with Gasteiger partial charge in [0.15, 0.2) is 11.2 Å². The molecule has 0 spiro atoms. The molecule has 0 fully saturated rings. The van der Waals surface area contributed by atoms with Crippen molar-refractivity contribution in [1.29, 1.82) is 0 Å². The number of ether oxygens (including phenoxy) is 3. The number of carbonyl (C=O) groups excluding carboxylic acids is 2. The number of fused-ring (bicyclic) bond motifs is 1. The summed E-state index contributed by atoms with van der Waals surface area (Å²) in [6, 6.07) is 13.1. The lowest BCUT2D eigenvalue weighted by molar-refractivity contribution is -0.140. The quantitative estimate of drug-likeness (QED) is 0.348. The molecule has 0 unspecified atom stereocenters. The molecule has 2 aliphatic rings. The Labute approximate surface area is 226 Å². The third-order valence-corrected chi connectivity index (χ3v) is 7.40. The number of aryl methyl sites for hydroxylation is 1. The first kappa shape index (κ1) is 26.4. The van der Waals surface area contributed by atoms with E-state index in [0.717, 1.165) is 16.9 Å². The van der Waals surface area contributed by atoms with Gasteiger partial charge in [-0.25, -0.2) is 4.79 Å². The van der Waals surface area contributed by atoms with Crippen molar-refractivity contribution >= 4 is 22.7 Å². The van der Waals surface area contributed by atoms with Gasteiger partial charge in [-0.05, 0) is 56.0 Å². The van der Waals surface area contributed by atoms with Gasteiger partial charge < -0.3 is 23.9 Å². The summed E-state index contributed by atoms with van der Waals surface area (Å²) in [7, 11) is 3.12. The van der Waals surface area contributed by atoms with Crippen LogP contribution in [0.5, 0.6) is 5.75 Å². The zero-order valence-electron chi connectivity index (χ0n) is 22.5. The van der Waals surface area contributed by atoms with Crippen LogP contribution in [-0.2, 0) is 19.1 Å². The molecule has 0 bridgehead atoms. The van der Waals surface area contributed by atoms with Gasteiger partial charge in [0.1, 0.15) is 17.9 Å². The maximum absolute atomic E-state index is 13.9. The van der Waals surface area contributed by atoms with E-state index < -0.39 is 11.9 Å². The van der Waals surface area contributed by atoms with Crippen molar-refractivity contribution in [2.45, 2.75) is 38.5 Å². The normalized spacial score (nSPS) is 19.1. The summed E-state index contributed by atoms with van der Waals surface area (Å²) in [6.45, 7) is 3.92. The van der Waals surface area contributed by atoms with Crippen LogP contribution in [0.25, 0.3) is 11.0 Å². The van der Waals surface area contributed by atoms with E-state index in [0.29, 0.717) is 34.4 Å². The molecule has 8 nitrogen and oxygen atoms in total. The zero-order valence-corrected chi connectivity index (χ0v) is 22.5. The van der Waals surface area contributed by atoms with Crippen LogP contribution in [-0.4, -0.2) is 39.2 Å². The van der Waals surface area contributed by atoms with Crippen LogP contribution >= 0.6 is 0 Å². The zero-order chi connectivity index (χ0) is 27.7. The summed E-state index contributed by atoms with van der Waals surface area (Å²) < 4.78 is 21.7. The maximum Gasteiger partial charge on any atom is 0.336 e. The van der Waals surface area contributed by atoms with E-state index >= 15 is 0 Å². The first-order valence-electron chi connectivity index (χ1n) is 12.9. The van der Waals surface area contributed by atoms with E-state index in [1.807, 2.05) is 37.3 Å². The average Bonchev–Trinajstić information content (AvgIpc) is 2.93. The molecule has 2 atom stereocenters. The second-order valence-corrected chi connectivity index (χ2v) is 9.94. The summed E-state index contributed by atoms with van der Waals surface area (Å²) in [5.74, 6) is -1.04. The molecule has 0 radical (unpaired) electrons. The van der Waals surface area contributed by atoms with Crippen LogP contribution in [0.15, 0.2) is 80.5 Å². The largest absolute Gasteiger partial charge is 0.497 e. The number of ketones is 1. The number of allylic oxidation sites excluding steroid dienone is 3. The molecule has 8 heteroatoms. The van der Waals surface area contributed by atoms with Crippen LogP contribution in [0, 0.1) is 6.92 Å². The monoisotopic (exact) mass is 529 g/mol. The highest BCUT2D eigenvalue weighted by Gasteiger charge is 2.42. The average molecular weight is 530 g/mol. The number of nitrogens with one attached hydrogen (secondary N) is 1. The van der Waals surface area contributed by atoms with Crippen molar-refractivity contribution in [2.24, 2.45) is 0 Å². The van der Waals surface area contributed by atoms with Crippen molar-refractivity contribution in [3.8, 4) is 5.75 Å². The molecule has 0 amide bonds. The first-order valence-corrected chi connectivity index (χ1v) is 12.9. The van der Waals surface area contributed by atoms with Crippen LogP contribution in [0.4, 0.5) is 0 Å². The fourth-order valence-electron chi connectivity index (χ4n) is 5.51. The fourth-order valence-corrected chi connectivity index (χ4v) is 5.51. The first-order chi connectivity index (χ1) is 18.8. The van der Waals surface area contributed by atoms with Crippen molar-refractivity contribution in [3.63, 3.8) is 0 Å². The third-order valence-electron chi connectivity index (χ3n) is 7.40. The third kappa shape index (κ3) is 5.00. The minimum Gasteiger partial charge on any atom is -0.497 e. The Balaban J connectivity index is 1.64.